The van der Waals surface area contributed by atoms with Crippen LogP contribution in [0.15, 0.2) is 35.3 Å². The van der Waals surface area contributed by atoms with E-state index < -0.39 is 0 Å². The van der Waals surface area contributed by atoms with Crippen molar-refractivity contribution in [3.63, 3.8) is 0 Å². The number of aliphatic hydroxyl groups is 1. The highest BCUT2D eigenvalue weighted by Gasteiger charge is 2.25. The summed E-state index contributed by atoms with van der Waals surface area (Å²) in [6.45, 7) is 9.80. The number of guanidine groups is 1. The molecular formula is C20H33N3O2. The molecule has 1 aliphatic heterocycles. The van der Waals surface area contributed by atoms with Crippen LogP contribution in [0.25, 0.3) is 0 Å². The van der Waals surface area contributed by atoms with Gasteiger partial charge in [-0.25, -0.2) is 0 Å². The zero-order chi connectivity index (χ0) is 18.1. The Labute approximate surface area is 152 Å². The lowest BCUT2D eigenvalue weighted by Crippen LogP contribution is -2.48. The van der Waals surface area contributed by atoms with Crippen molar-refractivity contribution in [2.45, 2.75) is 46.1 Å². The highest BCUT2D eigenvalue weighted by molar-refractivity contribution is 5.80. The van der Waals surface area contributed by atoms with Crippen molar-refractivity contribution in [3.05, 3.63) is 30.3 Å². The first-order valence-electron chi connectivity index (χ1n) is 9.46. The molecule has 1 aromatic carbocycles. The highest BCUT2D eigenvalue weighted by atomic mass is 16.5. The zero-order valence-corrected chi connectivity index (χ0v) is 15.9. The van der Waals surface area contributed by atoms with Gasteiger partial charge in [-0.2, -0.15) is 0 Å². The van der Waals surface area contributed by atoms with Gasteiger partial charge in [0.15, 0.2) is 5.96 Å². The van der Waals surface area contributed by atoms with Crippen LogP contribution in [0.1, 0.15) is 40.0 Å². The molecule has 1 fully saturated rings. The van der Waals surface area contributed by atoms with Crippen molar-refractivity contribution in [1.82, 2.24) is 10.2 Å². The van der Waals surface area contributed by atoms with Crippen molar-refractivity contribution < 1.29 is 9.84 Å². The maximum absolute atomic E-state index is 9.59. The van der Waals surface area contributed by atoms with Gasteiger partial charge >= 0.3 is 0 Å². The number of piperidine rings is 1. The number of aliphatic imine (C=N–C) groups is 1. The Kier molecular flexibility index (Phi) is 7.56. The van der Waals surface area contributed by atoms with Gasteiger partial charge in [0.25, 0.3) is 0 Å². The second-order valence-corrected chi connectivity index (χ2v) is 7.11. The van der Waals surface area contributed by atoms with Crippen molar-refractivity contribution >= 4 is 5.96 Å². The molecule has 140 valence electrons. The Balaban J connectivity index is 1.91. The smallest absolute Gasteiger partial charge is 0.193 e. The summed E-state index contributed by atoms with van der Waals surface area (Å²) in [6.07, 6.45) is 3.16. The maximum Gasteiger partial charge on any atom is 0.193 e. The van der Waals surface area contributed by atoms with E-state index in [9.17, 15) is 5.11 Å². The number of nitrogens with one attached hydrogen (secondary N) is 1. The van der Waals surface area contributed by atoms with Crippen LogP contribution >= 0.6 is 0 Å². The molecule has 0 radical (unpaired) electrons. The number of aliphatic hydroxyl groups excluding tert-OH is 1. The summed E-state index contributed by atoms with van der Waals surface area (Å²) in [5.74, 6) is 1.90. The standard InChI is InChI=1S/C20H33N3O2/c1-4-20(3,16-24)15-22-19(21-5-2)23-13-11-18(12-14-23)25-17-9-7-6-8-10-17/h6-10,18,24H,4-5,11-16H2,1-3H3,(H,21,22). The molecule has 25 heavy (non-hydrogen) atoms. The first-order chi connectivity index (χ1) is 12.1. The van der Waals surface area contributed by atoms with Crippen LogP contribution < -0.4 is 10.1 Å². The number of ether oxygens (including phenoxy) is 1. The number of para-hydroxylation sites is 1. The van der Waals surface area contributed by atoms with Crippen LogP contribution in [0.4, 0.5) is 0 Å². The number of benzene rings is 1. The minimum absolute atomic E-state index is 0.143. The number of hydrogen-bond acceptors (Lipinski definition) is 3. The molecule has 0 amide bonds. The summed E-state index contributed by atoms with van der Waals surface area (Å²) >= 11 is 0. The summed E-state index contributed by atoms with van der Waals surface area (Å²) in [6, 6.07) is 10.0. The Bertz CT molecular complexity index is 521. The Hall–Kier alpha value is -1.75. The maximum atomic E-state index is 9.59. The van der Waals surface area contributed by atoms with E-state index >= 15 is 0 Å². The summed E-state index contributed by atoms with van der Waals surface area (Å²) in [5, 5.41) is 13.0. The van der Waals surface area contributed by atoms with Crippen molar-refractivity contribution in [3.8, 4) is 5.75 Å². The fraction of sp³-hybridized carbons (Fsp3) is 0.650. The average Bonchev–Trinajstić information content (AvgIpc) is 2.66. The summed E-state index contributed by atoms with van der Waals surface area (Å²) in [4.78, 5) is 7.10. The molecule has 1 saturated heterocycles. The van der Waals surface area contributed by atoms with E-state index in [1.54, 1.807) is 0 Å². The molecule has 0 aliphatic carbocycles. The number of rotatable bonds is 7. The van der Waals surface area contributed by atoms with Gasteiger partial charge in [-0.15, -0.1) is 0 Å². The van der Waals surface area contributed by atoms with Crippen molar-refractivity contribution in [2.24, 2.45) is 10.4 Å². The fourth-order valence-electron chi connectivity index (χ4n) is 2.84. The van der Waals surface area contributed by atoms with E-state index in [1.165, 1.54) is 0 Å². The van der Waals surface area contributed by atoms with Crippen LogP contribution in [0, 0.1) is 5.41 Å². The Morgan fingerprint density at radius 3 is 2.52 bits per heavy atom. The quantitative estimate of drug-likeness (QED) is 0.588. The van der Waals surface area contributed by atoms with Crippen LogP contribution in [0.5, 0.6) is 5.75 Å². The predicted octanol–water partition coefficient (Wildman–Crippen LogP) is 2.90. The van der Waals surface area contributed by atoms with Crippen LogP contribution in [-0.4, -0.2) is 54.9 Å². The molecule has 5 heteroatoms. The van der Waals surface area contributed by atoms with E-state index in [-0.39, 0.29) is 18.1 Å². The first kappa shape index (κ1) is 19.6. The third-order valence-electron chi connectivity index (χ3n) is 4.97. The monoisotopic (exact) mass is 347 g/mol. The summed E-state index contributed by atoms with van der Waals surface area (Å²) < 4.78 is 6.07. The minimum Gasteiger partial charge on any atom is -0.490 e. The molecule has 1 heterocycles. The van der Waals surface area contributed by atoms with E-state index in [0.29, 0.717) is 6.54 Å². The van der Waals surface area contributed by atoms with E-state index in [0.717, 1.165) is 50.6 Å². The molecule has 2 N–H and O–H groups in total. The minimum atomic E-state index is -0.143. The Morgan fingerprint density at radius 2 is 1.96 bits per heavy atom. The number of hydrogen-bond donors (Lipinski definition) is 2. The molecular weight excluding hydrogens is 314 g/mol. The normalized spacial score (nSPS) is 18.7. The number of likely N-dealkylation sites (tertiary alicyclic amines) is 1. The van der Waals surface area contributed by atoms with Crippen LogP contribution in [0.2, 0.25) is 0 Å². The molecule has 5 nitrogen and oxygen atoms in total. The lowest BCUT2D eigenvalue weighted by Gasteiger charge is -2.35. The molecule has 1 unspecified atom stereocenters. The summed E-state index contributed by atoms with van der Waals surface area (Å²) in [7, 11) is 0. The van der Waals surface area contributed by atoms with Crippen molar-refractivity contribution in [1.29, 1.82) is 0 Å². The highest BCUT2D eigenvalue weighted by Crippen LogP contribution is 2.21. The molecule has 0 spiro atoms. The molecule has 2 rings (SSSR count). The number of nitrogens with zero attached hydrogens (tertiary/aromatic N) is 2. The lowest BCUT2D eigenvalue weighted by atomic mass is 9.89. The zero-order valence-electron chi connectivity index (χ0n) is 15.9. The SMILES string of the molecule is CCNC(=NCC(C)(CC)CO)N1CCC(Oc2ccccc2)CC1. The third kappa shape index (κ3) is 5.92. The fourth-order valence-corrected chi connectivity index (χ4v) is 2.84. The van der Waals surface area contributed by atoms with Crippen LogP contribution in [0.3, 0.4) is 0 Å². The van der Waals surface area contributed by atoms with E-state index in [2.05, 4.69) is 31.0 Å². The predicted molar refractivity (Wildman–Crippen MR) is 103 cm³/mol. The van der Waals surface area contributed by atoms with Gasteiger partial charge in [-0.1, -0.05) is 32.0 Å². The average molecular weight is 348 g/mol. The van der Waals surface area contributed by atoms with Crippen LogP contribution in [-0.2, 0) is 0 Å². The topological polar surface area (TPSA) is 57.1 Å². The molecule has 0 aromatic heterocycles. The van der Waals surface area contributed by atoms with Gasteiger partial charge in [0, 0.05) is 37.9 Å². The van der Waals surface area contributed by atoms with E-state index in [4.69, 9.17) is 9.73 Å². The van der Waals surface area contributed by atoms with Gasteiger partial charge in [-0.05, 0) is 25.5 Å². The van der Waals surface area contributed by atoms with Gasteiger partial charge in [0.2, 0.25) is 0 Å². The van der Waals surface area contributed by atoms with Gasteiger partial charge < -0.3 is 20.1 Å². The largest absolute Gasteiger partial charge is 0.490 e. The van der Waals surface area contributed by atoms with Gasteiger partial charge in [0.05, 0.1) is 13.2 Å². The van der Waals surface area contributed by atoms with Gasteiger partial charge in [-0.3, -0.25) is 4.99 Å². The van der Waals surface area contributed by atoms with Gasteiger partial charge in [0.1, 0.15) is 11.9 Å². The van der Waals surface area contributed by atoms with E-state index in [1.807, 2.05) is 30.3 Å². The lowest BCUT2D eigenvalue weighted by molar-refractivity contribution is 0.128. The molecule has 0 bridgehead atoms. The Morgan fingerprint density at radius 1 is 1.28 bits per heavy atom. The third-order valence-corrected chi connectivity index (χ3v) is 4.97. The van der Waals surface area contributed by atoms with Crippen molar-refractivity contribution in [2.75, 3.05) is 32.8 Å². The second-order valence-electron chi connectivity index (χ2n) is 7.11. The molecule has 0 saturated carbocycles. The molecule has 1 aliphatic rings. The summed E-state index contributed by atoms with van der Waals surface area (Å²) in [5.41, 5.74) is -0.143. The molecule has 1 atom stereocenters. The first-order valence-corrected chi connectivity index (χ1v) is 9.46. The molecule has 1 aromatic rings. The second kappa shape index (κ2) is 9.66.